The Balaban J connectivity index is 1.80. The van der Waals surface area contributed by atoms with Crippen LogP contribution in [0.4, 0.5) is 15.9 Å². The summed E-state index contributed by atoms with van der Waals surface area (Å²) in [6, 6.07) is 5.31. The van der Waals surface area contributed by atoms with E-state index in [-0.39, 0.29) is 17.2 Å². The van der Waals surface area contributed by atoms with Crippen LogP contribution in [0.15, 0.2) is 30.6 Å². The topological polar surface area (TPSA) is 143 Å². The minimum atomic E-state index is -1.35. The molecule has 134 valence electrons. The number of imidazole rings is 1. The normalized spacial score (nSPS) is 25.9. The second-order valence-electron chi connectivity index (χ2n) is 5.58. The minimum absolute atomic E-state index is 0.108. The lowest BCUT2D eigenvalue weighted by Gasteiger charge is -2.17. The molecule has 0 spiro atoms. The standard InChI is InChI=1S/C15H17FN4O5/c16-7-2-1-3-8(4-7)19-14(24)10-13(17)20(6-18-10)15-12(23)11(22)9(5-21)25-15/h1-4,6,9,11-12,15,21-23H,5,17H2,(H,19,24)/t9-,11?,12+,15-/m1/s1. The third kappa shape index (κ3) is 3.20. The van der Waals surface area contributed by atoms with Crippen molar-refractivity contribution in [1.82, 2.24) is 9.55 Å². The van der Waals surface area contributed by atoms with Crippen molar-refractivity contribution in [3.8, 4) is 0 Å². The number of aromatic nitrogens is 2. The van der Waals surface area contributed by atoms with E-state index in [9.17, 15) is 19.4 Å². The zero-order valence-corrected chi connectivity index (χ0v) is 12.9. The number of carbonyl (C=O) groups excluding carboxylic acids is 1. The van der Waals surface area contributed by atoms with Gasteiger partial charge in [0.2, 0.25) is 0 Å². The van der Waals surface area contributed by atoms with Gasteiger partial charge in [-0.1, -0.05) is 6.07 Å². The molecule has 1 aromatic carbocycles. The lowest BCUT2D eigenvalue weighted by molar-refractivity contribution is -0.0518. The summed E-state index contributed by atoms with van der Waals surface area (Å²) in [5, 5.41) is 31.4. The summed E-state index contributed by atoms with van der Waals surface area (Å²) in [4.78, 5) is 16.1. The van der Waals surface area contributed by atoms with Gasteiger partial charge in [-0.3, -0.25) is 9.36 Å². The third-order valence-electron chi connectivity index (χ3n) is 3.92. The van der Waals surface area contributed by atoms with Crippen LogP contribution >= 0.6 is 0 Å². The van der Waals surface area contributed by atoms with Gasteiger partial charge in [0.25, 0.3) is 5.91 Å². The maximum atomic E-state index is 13.2. The van der Waals surface area contributed by atoms with Gasteiger partial charge < -0.3 is 31.1 Å². The number of aliphatic hydroxyl groups excluding tert-OH is 3. The highest BCUT2D eigenvalue weighted by Gasteiger charge is 2.44. The molecular weight excluding hydrogens is 335 g/mol. The molecule has 1 aliphatic rings. The fraction of sp³-hybridized carbons (Fsp3) is 0.333. The van der Waals surface area contributed by atoms with Crippen molar-refractivity contribution in [2.75, 3.05) is 17.7 Å². The highest BCUT2D eigenvalue weighted by atomic mass is 19.1. The van der Waals surface area contributed by atoms with Crippen LogP contribution in [0.5, 0.6) is 0 Å². The number of amides is 1. The Hall–Kier alpha value is -2.53. The van der Waals surface area contributed by atoms with Gasteiger partial charge in [0.15, 0.2) is 11.9 Å². The number of hydrogen-bond acceptors (Lipinski definition) is 7. The van der Waals surface area contributed by atoms with Crippen LogP contribution in [0.25, 0.3) is 0 Å². The van der Waals surface area contributed by atoms with Crippen molar-refractivity contribution in [1.29, 1.82) is 0 Å². The van der Waals surface area contributed by atoms with Gasteiger partial charge in [-0.2, -0.15) is 0 Å². The molecule has 9 nitrogen and oxygen atoms in total. The monoisotopic (exact) mass is 352 g/mol. The molecule has 0 aliphatic carbocycles. The molecule has 1 unspecified atom stereocenters. The average molecular weight is 352 g/mol. The maximum absolute atomic E-state index is 13.2. The number of halogens is 1. The van der Waals surface area contributed by atoms with Gasteiger partial charge in [0.05, 0.1) is 12.9 Å². The van der Waals surface area contributed by atoms with E-state index in [1.165, 1.54) is 29.1 Å². The highest BCUT2D eigenvalue weighted by Crippen LogP contribution is 2.31. The molecule has 6 N–H and O–H groups in total. The molecular formula is C15H17FN4O5. The first kappa shape index (κ1) is 17.3. The van der Waals surface area contributed by atoms with Gasteiger partial charge in [0.1, 0.15) is 29.9 Å². The van der Waals surface area contributed by atoms with E-state index in [4.69, 9.17) is 15.6 Å². The van der Waals surface area contributed by atoms with Crippen molar-refractivity contribution in [3.05, 3.63) is 42.1 Å². The first-order chi connectivity index (χ1) is 11.9. The number of nitrogens with one attached hydrogen (secondary N) is 1. The quantitative estimate of drug-likeness (QED) is 0.498. The lowest BCUT2D eigenvalue weighted by atomic mass is 10.1. The number of carbonyl (C=O) groups is 1. The van der Waals surface area contributed by atoms with Crippen LogP contribution in [-0.2, 0) is 4.74 Å². The smallest absolute Gasteiger partial charge is 0.278 e. The molecule has 1 aromatic heterocycles. The first-order valence-corrected chi connectivity index (χ1v) is 7.44. The Bertz CT molecular complexity index is 783. The van der Waals surface area contributed by atoms with Gasteiger partial charge in [-0.15, -0.1) is 0 Å². The fourth-order valence-corrected chi connectivity index (χ4v) is 2.61. The van der Waals surface area contributed by atoms with Crippen LogP contribution in [0.2, 0.25) is 0 Å². The van der Waals surface area contributed by atoms with Crippen LogP contribution < -0.4 is 11.1 Å². The van der Waals surface area contributed by atoms with E-state index < -0.39 is 42.9 Å². The van der Waals surface area contributed by atoms with Crippen molar-refractivity contribution in [3.63, 3.8) is 0 Å². The van der Waals surface area contributed by atoms with Crippen LogP contribution in [0.1, 0.15) is 16.7 Å². The zero-order valence-electron chi connectivity index (χ0n) is 12.9. The van der Waals surface area contributed by atoms with Crippen molar-refractivity contribution in [2.24, 2.45) is 0 Å². The molecule has 4 atom stereocenters. The van der Waals surface area contributed by atoms with Crippen molar-refractivity contribution < 1.29 is 29.2 Å². The van der Waals surface area contributed by atoms with E-state index in [1.54, 1.807) is 0 Å². The SMILES string of the molecule is Nc1c(C(=O)Nc2cccc(F)c2)ncn1[C@@H]1O[C@H](CO)C(O)[C@@H]1O. The van der Waals surface area contributed by atoms with Crippen molar-refractivity contribution >= 4 is 17.4 Å². The fourth-order valence-electron chi connectivity index (χ4n) is 2.61. The maximum Gasteiger partial charge on any atom is 0.278 e. The largest absolute Gasteiger partial charge is 0.394 e. The molecule has 2 heterocycles. The van der Waals surface area contributed by atoms with E-state index in [0.29, 0.717) is 0 Å². The molecule has 1 amide bonds. The summed E-state index contributed by atoms with van der Waals surface area (Å²) in [5.41, 5.74) is 5.97. The van der Waals surface area contributed by atoms with E-state index >= 15 is 0 Å². The molecule has 0 saturated carbocycles. The van der Waals surface area contributed by atoms with E-state index in [1.807, 2.05) is 0 Å². The van der Waals surface area contributed by atoms with Gasteiger partial charge in [-0.25, -0.2) is 9.37 Å². The number of nitrogen functional groups attached to an aromatic ring is 1. The Morgan fingerprint density at radius 1 is 1.40 bits per heavy atom. The molecule has 1 aliphatic heterocycles. The molecule has 1 saturated heterocycles. The zero-order chi connectivity index (χ0) is 18.1. The average Bonchev–Trinajstić information content (AvgIpc) is 3.08. The van der Waals surface area contributed by atoms with E-state index in [0.717, 1.165) is 6.07 Å². The number of nitrogens with two attached hydrogens (primary N) is 1. The molecule has 25 heavy (non-hydrogen) atoms. The van der Waals surface area contributed by atoms with Crippen LogP contribution in [0, 0.1) is 5.82 Å². The minimum Gasteiger partial charge on any atom is -0.394 e. The Kier molecular flexibility index (Phi) is 4.68. The second kappa shape index (κ2) is 6.76. The van der Waals surface area contributed by atoms with Gasteiger partial charge in [0, 0.05) is 5.69 Å². The lowest BCUT2D eigenvalue weighted by Crippen LogP contribution is -2.33. The van der Waals surface area contributed by atoms with Gasteiger partial charge in [-0.05, 0) is 18.2 Å². The highest BCUT2D eigenvalue weighted by molar-refractivity contribution is 6.05. The number of nitrogens with zero attached hydrogens (tertiary/aromatic N) is 2. The predicted octanol–water partition coefficient (Wildman–Crippen LogP) is -0.532. The Morgan fingerprint density at radius 2 is 2.16 bits per heavy atom. The third-order valence-corrected chi connectivity index (χ3v) is 3.92. The number of hydrogen-bond donors (Lipinski definition) is 5. The summed E-state index contributed by atoms with van der Waals surface area (Å²) in [6.07, 6.45) is -3.56. The van der Waals surface area contributed by atoms with Crippen LogP contribution in [0.3, 0.4) is 0 Å². The van der Waals surface area contributed by atoms with E-state index in [2.05, 4.69) is 10.3 Å². The number of benzene rings is 1. The Labute approximate surface area is 141 Å². The summed E-state index contributed by atoms with van der Waals surface area (Å²) >= 11 is 0. The molecule has 1 fully saturated rings. The Morgan fingerprint density at radius 3 is 2.80 bits per heavy atom. The molecule has 2 aromatic rings. The van der Waals surface area contributed by atoms with Gasteiger partial charge >= 0.3 is 0 Å². The summed E-state index contributed by atoms with van der Waals surface area (Å²) < 4.78 is 19.7. The number of ether oxygens (including phenoxy) is 1. The predicted molar refractivity (Wildman–Crippen MR) is 84.0 cm³/mol. The number of anilines is 2. The summed E-state index contributed by atoms with van der Waals surface area (Å²) in [5.74, 6) is -1.29. The number of rotatable bonds is 4. The number of aliphatic hydroxyl groups is 3. The molecule has 0 radical (unpaired) electrons. The molecule has 0 bridgehead atoms. The molecule has 10 heteroatoms. The second-order valence-corrected chi connectivity index (χ2v) is 5.58. The summed E-state index contributed by atoms with van der Waals surface area (Å²) in [7, 11) is 0. The first-order valence-electron chi connectivity index (χ1n) is 7.44. The van der Waals surface area contributed by atoms with Crippen LogP contribution in [-0.4, -0.2) is 55.7 Å². The molecule has 3 rings (SSSR count). The summed E-state index contributed by atoms with van der Waals surface area (Å²) in [6.45, 7) is -0.490. The van der Waals surface area contributed by atoms with Crippen molar-refractivity contribution in [2.45, 2.75) is 24.5 Å².